The lowest BCUT2D eigenvalue weighted by Crippen LogP contribution is -2.39. The fourth-order valence-electron chi connectivity index (χ4n) is 4.43. The van der Waals surface area contributed by atoms with Gasteiger partial charge in [0.25, 0.3) is 0 Å². The fraction of sp³-hybridized carbons (Fsp3) is 0.625. The van der Waals surface area contributed by atoms with Crippen molar-refractivity contribution >= 4 is 0 Å². The second-order valence-corrected chi connectivity index (χ2v) is 6.16. The Morgan fingerprint density at radius 3 is 2.89 bits per heavy atom. The highest BCUT2D eigenvalue weighted by molar-refractivity contribution is 5.15. The summed E-state index contributed by atoms with van der Waals surface area (Å²) in [5.74, 6) is 2.74. The van der Waals surface area contributed by atoms with Crippen LogP contribution in [0.25, 0.3) is 0 Å². The summed E-state index contributed by atoms with van der Waals surface area (Å²) >= 11 is 0. The molecule has 5 atom stereocenters. The van der Waals surface area contributed by atoms with Gasteiger partial charge in [-0.3, -0.25) is 0 Å². The minimum Gasteiger partial charge on any atom is -0.376 e. The van der Waals surface area contributed by atoms with E-state index in [1.807, 2.05) is 0 Å². The summed E-state index contributed by atoms with van der Waals surface area (Å²) < 4.78 is 6.21. The van der Waals surface area contributed by atoms with Crippen molar-refractivity contribution in [1.29, 1.82) is 0 Å². The molecule has 1 aromatic carbocycles. The molecular formula is C16H21NO. The molecule has 2 saturated carbocycles. The molecule has 0 radical (unpaired) electrons. The van der Waals surface area contributed by atoms with Gasteiger partial charge in [0, 0.05) is 6.04 Å². The van der Waals surface area contributed by atoms with Crippen LogP contribution in [0.2, 0.25) is 0 Å². The maximum Gasteiger partial charge on any atom is 0.0759 e. The van der Waals surface area contributed by atoms with Crippen LogP contribution >= 0.6 is 0 Å². The third-order valence-electron chi connectivity index (χ3n) is 5.23. The number of ether oxygens (including phenoxy) is 1. The van der Waals surface area contributed by atoms with Crippen LogP contribution < -0.4 is 5.32 Å². The lowest BCUT2D eigenvalue weighted by atomic mass is 9.88. The number of fused-ring (bicyclic) bond motifs is 1. The third-order valence-corrected chi connectivity index (χ3v) is 5.23. The van der Waals surface area contributed by atoms with Crippen molar-refractivity contribution < 1.29 is 4.74 Å². The average Bonchev–Trinajstić information content (AvgIpc) is 3.01. The van der Waals surface area contributed by atoms with Crippen molar-refractivity contribution in [3.63, 3.8) is 0 Å². The zero-order valence-electron chi connectivity index (χ0n) is 10.7. The van der Waals surface area contributed by atoms with Gasteiger partial charge in [-0.05, 0) is 49.1 Å². The van der Waals surface area contributed by atoms with E-state index in [1.165, 1.54) is 24.9 Å². The SMILES string of the molecule is c1ccc(CCOC2C3CC4CNC2C4C3)cc1. The lowest BCUT2D eigenvalue weighted by molar-refractivity contribution is 0.00421. The molecule has 1 aliphatic heterocycles. The Hall–Kier alpha value is -0.860. The standard InChI is InChI=1S/C16H21NO/c1-2-4-11(5-3-1)6-7-18-16-12-8-13-10-17-15(16)14(13)9-12/h1-5,12-17H,6-10H2. The Morgan fingerprint density at radius 2 is 2.00 bits per heavy atom. The highest BCUT2D eigenvalue weighted by Gasteiger charge is 2.56. The lowest BCUT2D eigenvalue weighted by Gasteiger charge is -2.27. The van der Waals surface area contributed by atoms with Gasteiger partial charge in [0.1, 0.15) is 0 Å². The highest BCUT2D eigenvalue weighted by Crippen LogP contribution is 2.52. The maximum atomic E-state index is 6.21. The third kappa shape index (κ3) is 1.70. The largest absolute Gasteiger partial charge is 0.376 e. The van der Waals surface area contributed by atoms with Crippen molar-refractivity contribution in [2.45, 2.75) is 31.4 Å². The summed E-state index contributed by atoms with van der Waals surface area (Å²) in [5, 5.41) is 3.68. The van der Waals surface area contributed by atoms with Crippen LogP contribution in [-0.2, 0) is 11.2 Å². The summed E-state index contributed by atoms with van der Waals surface area (Å²) in [6, 6.07) is 11.3. The molecule has 2 heteroatoms. The smallest absolute Gasteiger partial charge is 0.0759 e. The predicted molar refractivity (Wildman–Crippen MR) is 71.4 cm³/mol. The van der Waals surface area contributed by atoms with Crippen molar-refractivity contribution in [2.75, 3.05) is 13.2 Å². The maximum absolute atomic E-state index is 6.21. The van der Waals surface area contributed by atoms with Crippen molar-refractivity contribution in [2.24, 2.45) is 17.8 Å². The Morgan fingerprint density at radius 1 is 1.11 bits per heavy atom. The number of hydrogen-bond acceptors (Lipinski definition) is 2. The molecule has 5 unspecified atom stereocenters. The first-order valence-electron chi connectivity index (χ1n) is 7.31. The topological polar surface area (TPSA) is 21.3 Å². The molecule has 0 spiro atoms. The number of nitrogens with one attached hydrogen (secondary N) is 1. The quantitative estimate of drug-likeness (QED) is 0.875. The molecular weight excluding hydrogens is 222 g/mol. The van der Waals surface area contributed by atoms with E-state index in [1.54, 1.807) is 0 Å². The van der Waals surface area contributed by atoms with E-state index in [9.17, 15) is 0 Å². The molecule has 1 heterocycles. The van der Waals surface area contributed by atoms with Crippen molar-refractivity contribution in [3.05, 3.63) is 35.9 Å². The van der Waals surface area contributed by atoms with E-state index in [2.05, 4.69) is 35.6 Å². The van der Waals surface area contributed by atoms with E-state index >= 15 is 0 Å². The first kappa shape index (κ1) is 11.0. The molecule has 18 heavy (non-hydrogen) atoms. The molecule has 0 amide bonds. The Labute approximate surface area is 109 Å². The van der Waals surface area contributed by atoms with Gasteiger partial charge in [-0.15, -0.1) is 0 Å². The van der Waals surface area contributed by atoms with Gasteiger partial charge in [-0.25, -0.2) is 0 Å². The molecule has 1 aromatic rings. The summed E-state index contributed by atoms with van der Waals surface area (Å²) in [6.07, 6.45) is 4.37. The zero-order valence-corrected chi connectivity index (χ0v) is 10.7. The zero-order chi connectivity index (χ0) is 11.9. The van der Waals surface area contributed by atoms with Crippen LogP contribution in [0, 0.1) is 17.8 Å². The molecule has 96 valence electrons. The summed E-state index contributed by atoms with van der Waals surface area (Å²) in [7, 11) is 0. The first-order chi connectivity index (χ1) is 8.92. The van der Waals surface area contributed by atoms with Gasteiger partial charge in [-0.2, -0.15) is 0 Å². The van der Waals surface area contributed by atoms with Crippen LogP contribution in [0.5, 0.6) is 0 Å². The van der Waals surface area contributed by atoms with Crippen LogP contribution in [-0.4, -0.2) is 25.3 Å². The fourth-order valence-corrected chi connectivity index (χ4v) is 4.43. The predicted octanol–water partition coefficient (Wildman–Crippen LogP) is 2.24. The van der Waals surface area contributed by atoms with E-state index in [4.69, 9.17) is 4.74 Å². The van der Waals surface area contributed by atoms with Gasteiger partial charge in [-0.1, -0.05) is 30.3 Å². The van der Waals surface area contributed by atoms with Gasteiger partial charge in [0.05, 0.1) is 12.7 Å². The summed E-state index contributed by atoms with van der Waals surface area (Å²) in [4.78, 5) is 0. The molecule has 1 saturated heterocycles. The first-order valence-corrected chi connectivity index (χ1v) is 7.31. The van der Waals surface area contributed by atoms with Crippen LogP contribution in [0.15, 0.2) is 30.3 Å². The monoisotopic (exact) mass is 243 g/mol. The summed E-state index contributed by atoms with van der Waals surface area (Å²) in [6.45, 7) is 2.12. The van der Waals surface area contributed by atoms with Crippen LogP contribution in [0.4, 0.5) is 0 Å². The molecule has 2 bridgehead atoms. The molecule has 3 aliphatic rings. The second kappa shape index (κ2) is 4.36. The molecule has 2 aliphatic carbocycles. The van der Waals surface area contributed by atoms with Crippen LogP contribution in [0.3, 0.4) is 0 Å². The average molecular weight is 243 g/mol. The highest BCUT2D eigenvalue weighted by atomic mass is 16.5. The molecule has 3 fully saturated rings. The van der Waals surface area contributed by atoms with E-state index < -0.39 is 0 Å². The van der Waals surface area contributed by atoms with Crippen molar-refractivity contribution in [3.8, 4) is 0 Å². The molecule has 4 rings (SSSR count). The van der Waals surface area contributed by atoms with E-state index in [0.29, 0.717) is 12.1 Å². The Balaban J connectivity index is 1.34. The molecule has 1 N–H and O–H groups in total. The Kier molecular flexibility index (Phi) is 2.66. The van der Waals surface area contributed by atoms with Gasteiger partial charge < -0.3 is 10.1 Å². The van der Waals surface area contributed by atoms with E-state index in [-0.39, 0.29) is 0 Å². The normalized spacial score (nSPS) is 40.6. The summed E-state index contributed by atoms with van der Waals surface area (Å²) in [5.41, 5.74) is 1.39. The number of benzene rings is 1. The Bertz CT molecular complexity index is 416. The minimum atomic E-state index is 0.498. The number of rotatable bonds is 4. The van der Waals surface area contributed by atoms with Crippen LogP contribution in [0.1, 0.15) is 18.4 Å². The van der Waals surface area contributed by atoms with Crippen molar-refractivity contribution in [1.82, 2.24) is 5.32 Å². The van der Waals surface area contributed by atoms with Gasteiger partial charge in [0.2, 0.25) is 0 Å². The molecule has 2 nitrogen and oxygen atoms in total. The second-order valence-electron chi connectivity index (χ2n) is 6.16. The minimum absolute atomic E-state index is 0.498. The van der Waals surface area contributed by atoms with Gasteiger partial charge >= 0.3 is 0 Å². The van der Waals surface area contributed by atoms with Gasteiger partial charge in [0.15, 0.2) is 0 Å². The number of hydrogen-bond donors (Lipinski definition) is 1. The van der Waals surface area contributed by atoms with E-state index in [0.717, 1.165) is 30.8 Å². The molecule has 0 aromatic heterocycles.